The molecule has 0 radical (unpaired) electrons. The van der Waals surface area contributed by atoms with Crippen molar-refractivity contribution < 1.29 is 4.42 Å². The molecule has 0 amide bonds. The predicted molar refractivity (Wildman–Crippen MR) is 87.6 cm³/mol. The Morgan fingerprint density at radius 3 is 2.87 bits per heavy atom. The van der Waals surface area contributed by atoms with Gasteiger partial charge in [-0.15, -0.1) is 10.2 Å². The summed E-state index contributed by atoms with van der Waals surface area (Å²) >= 11 is 0. The fourth-order valence-electron chi connectivity index (χ4n) is 3.22. The second-order valence-electron chi connectivity index (χ2n) is 6.12. The largest absolute Gasteiger partial charge is 0.419 e. The van der Waals surface area contributed by atoms with E-state index in [1.54, 1.807) is 0 Å². The van der Waals surface area contributed by atoms with Gasteiger partial charge in [-0.25, -0.2) is 0 Å². The fraction of sp³-hybridized carbons (Fsp3) is 0.333. The molecule has 3 aromatic rings. The lowest BCUT2D eigenvalue weighted by Gasteiger charge is -2.21. The maximum Gasteiger partial charge on any atom is 0.247 e. The highest BCUT2D eigenvalue weighted by atomic mass is 16.4. The zero-order valence-corrected chi connectivity index (χ0v) is 13.2. The zero-order chi connectivity index (χ0) is 15.6. The van der Waals surface area contributed by atoms with E-state index in [0.717, 1.165) is 12.1 Å². The second-order valence-corrected chi connectivity index (χ2v) is 6.12. The minimum atomic E-state index is 0.416. The van der Waals surface area contributed by atoms with Gasteiger partial charge in [0, 0.05) is 17.5 Å². The number of benzene rings is 1. The Balaban J connectivity index is 1.50. The Morgan fingerprint density at radius 2 is 2.09 bits per heavy atom. The van der Waals surface area contributed by atoms with Gasteiger partial charge >= 0.3 is 0 Å². The zero-order valence-electron chi connectivity index (χ0n) is 13.2. The summed E-state index contributed by atoms with van der Waals surface area (Å²) in [4.78, 5) is 5.72. The third kappa shape index (κ3) is 2.92. The normalized spacial score (nSPS) is 18.6. The van der Waals surface area contributed by atoms with Crippen LogP contribution in [-0.2, 0) is 6.54 Å². The number of likely N-dealkylation sites (tertiary alicyclic amines) is 1. The molecule has 1 fully saturated rings. The molecular weight excluding hydrogens is 288 g/mol. The molecule has 1 N–H and O–H groups in total. The minimum absolute atomic E-state index is 0.416. The van der Waals surface area contributed by atoms with Crippen LogP contribution in [0.4, 0.5) is 0 Å². The molecule has 1 atom stereocenters. The summed E-state index contributed by atoms with van der Waals surface area (Å²) in [5.41, 5.74) is 3.46. The van der Waals surface area contributed by atoms with E-state index in [0.29, 0.717) is 24.4 Å². The number of rotatable bonds is 4. The van der Waals surface area contributed by atoms with Crippen LogP contribution in [0.2, 0.25) is 0 Å². The summed E-state index contributed by atoms with van der Waals surface area (Å²) in [6, 6.07) is 12.8. The van der Waals surface area contributed by atoms with Crippen molar-refractivity contribution >= 4 is 0 Å². The van der Waals surface area contributed by atoms with E-state index >= 15 is 0 Å². The van der Waals surface area contributed by atoms with E-state index in [4.69, 9.17) is 4.42 Å². The number of H-pyrrole nitrogens is 1. The van der Waals surface area contributed by atoms with Crippen LogP contribution in [0.5, 0.6) is 0 Å². The number of aromatic amines is 1. The molecule has 0 aliphatic carbocycles. The molecule has 5 nitrogen and oxygen atoms in total. The Bertz CT molecular complexity index is 761. The van der Waals surface area contributed by atoms with Crippen molar-refractivity contribution in [1.82, 2.24) is 20.1 Å². The molecule has 5 heteroatoms. The van der Waals surface area contributed by atoms with E-state index < -0.39 is 0 Å². The van der Waals surface area contributed by atoms with Crippen molar-refractivity contribution in [2.75, 3.05) is 6.54 Å². The first-order valence-corrected chi connectivity index (χ1v) is 8.06. The number of aromatic nitrogens is 3. The van der Waals surface area contributed by atoms with Crippen molar-refractivity contribution in [1.29, 1.82) is 0 Å². The van der Waals surface area contributed by atoms with Crippen LogP contribution in [0, 0.1) is 6.92 Å². The highest BCUT2D eigenvalue weighted by molar-refractivity contribution is 5.52. The molecule has 1 saturated heterocycles. The van der Waals surface area contributed by atoms with Gasteiger partial charge in [0.25, 0.3) is 0 Å². The lowest BCUT2D eigenvalue weighted by Crippen LogP contribution is -2.23. The van der Waals surface area contributed by atoms with Gasteiger partial charge < -0.3 is 9.40 Å². The Hall–Kier alpha value is -2.40. The maximum atomic E-state index is 5.86. The maximum absolute atomic E-state index is 5.86. The number of nitrogens with zero attached hydrogens (tertiary/aromatic N) is 3. The van der Waals surface area contributed by atoms with Crippen molar-refractivity contribution in [3.05, 3.63) is 59.7 Å². The Labute approximate surface area is 135 Å². The van der Waals surface area contributed by atoms with E-state index in [1.807, 2.05) is 24.4 Å². The molecule has 0 saturated carbocycles. The van der Waals surface area contributed by atoms with Crippen LogP contribution in [-0.4, -0.2) is 26.6 Å². The average molecular weight is 308 g/mol. The van der Waals surface area contributed by atoms with Crippen LogP contribution in [0.1, 0.15) is 36.0 Å². The minimum Gasteiger partial charge on any atom is -0.419 e. The fourth-order valence-corrected chi connectivity index (χ4v) is 3.22. The molecule has 4 rings (SSSR count). The third-order valence-corrected chi connectivity index (χ3v) is 4.45. The van der Waals surface area contributed by atoms with E-state index in [9.17, 15) is 0 Å². The van der Waals surface area contributed by atoms with E-state index in [2.05, 4.69) is 45.2 Å². The monoisotopic (exact) mass is 308 g/mol. The molecular formula is C18H20N4O. The molecule has 0 bridgehead atoms. The van der Waals surface area contributed by atoms with Gasteiger partial charge in [-0.1, -0.05) is 17.7 Å². The molecule has 1 aromatic carbocycles. The summed E-state index contributed by atoms with van der Waals surface area (Å²) < 4.78 is 5.86. The molecule has 23 heavy (non-hydrogen) atoms. The molecule has 2 aromatic heterocycles. The van der Waals surface area contributed by atoms with Crippen molar-refractivity contribution in [2.24, 2.45) is 0 Å². The number of hydrogen-bond acceptors (Lipinski definition) is 4. The lowest BCUT2D eigenvalue weighted by molar-refractivity contribution is 0.221. The molecule has 0 spiro atoms. The summed E-state index contributed by atoms with van der Waals surface area (Å²) in [6.07, 6.45) is 4.34. The van der Waals surface area contributed by atoms with Gasteiger partial charge in [-0.2, -0.15) is 0 Å². The molecule has 1 aliphatic heterocycles. The summed E-state index contributed by atoms with van der Waals surface area (Å²) in [7, 11) is 0. The summed E-state index contributed by atoms with van der Waals surface area (Å²) in [5, 5.41) is 8.42. The Morgan fingerprint density at radius 1 is 1.22 bits per heavy atom. The SMILES string of the molecule is Cc1ccc(-c2nnc(CN3CCCC3c3ccc[nH]3)o2)cc1. The van der Waals surface area contributed by atoms with Gasteiger partial charge in [0.2, 0.25) is 11.8 Å². The van der Waals surface area contributed by atoms with Crippen LogP contribution in [0.3, 0.4) is 0 Å². The smallest absolute Gasteiger partial charge is 0.247 e. The second kappa shape index (κ2) is 6.01. The van der Waals surface area contributed by atoms with E-state index in [-0.39, 0.29) is 0 Å². The topological polar surface area (TPSA) is 58.0 Å². The molecule has 118 valence electrons. The number of hydrogen-bond donors (Lipinski definition) is 1. The van der Waals surface area contributed by atoms with Crippen molar-refractivity contribution in [3.63, 3.8) is 0 Å². The standard InChI is InChI=1S/C18H20N4O/c1-13-6-8-14(9-7-13)18-21-20-17(23-18)12-22-11-3-5-16(22)15-4-2-10-19-15/h2,4,6-10,16,19H,3,5,11-12H2,1H3. The summed E-state index contributed by atoms with van der Waals surface area (Å²) in [5.74, 6) is 1.27. The molecule has 1 unspecified atom stereocenters. The van der Waals surface area contributed by atoms with Crippen LogP contribution in [0.15, 0.2) is 47.0 Å². The quantitative estimate of drug-likeness (QED) is 0.798. The van der Waals surface area contributed by atoms with Gasteiger partial charge in [0.05, 0.1) is 12.6 Å². The Kier molecular flexibility index (Phi) is 3.71. The number of aryl methyl sites for hydroxylation is 1. The van der Waals surface area contributed by atoms with Gasteiger partial charge in [-0.05, 0) is 50.6 Å². The van der Waals surface area contributed by atoms with Gasteiger partial charge in [-0.3, -0.25) is 4.90 Å². The molecule has 3 heterocycles. The van der Waals surface area contributed by atoms with Crippen molar-refractivity contribution in [3.8, 4) is 11.5 Å². The average Bonchev–Trinajstić information content (AvgIpc) is 3.29. The van der Waals surface area contributed by atoms with Gasteiger partial charge in [0.1, 0.15) is 0 Å². The summed E-state index contributed by atoms with van der Waals surface area (Å²) in [6.45, 7) is 3.83. The first kappa shape index (κ1) is 14.2. The predicted octanol–water partition coefficient (Wildman–Crippen LogP) is 3.71. The van der Waals surface area contributed by atoms with Crippen LogP contribution in [0.25, 0.3) is 11.5 Å². The van der Waals surface area contributed by atoms with Gasteiger partial charge in [0.15, 0.2) is 0 Å². The number of nitrogens with one attached hydrogen (secondary N) is 1. The highest BCUT2D eigenvalue weighted by Gasteiger charge is 2.28. The lowest BCUT2D eigenvalue weighted by atomic mass is 10.1. The van der Waals surface area contributed by atoms with E-state index in [1.165, 1.54) is 24.1 Å². The van der Waals surface area contributed by atoms with Crippen LogP contribution >= 0.6 is 0 Å². The van der Waals surface area contributed by atoms with Crippen LogP contribution < -0.4 is 0 Å². The molecule has 1 aliphatic rings. The highest BCUT2D eigenvalue weighted by Crippen LogP contribution is 2.32. The first-order chi connectivity index (χ1) is 11.3. The third-order valence-electron chi connectivity index (χ3n) is 4.45. The van der Waals surface area contributed by atoms with Crippen molar-refractivity contribution in [2.45, 2.75) is 32.4 Å². The first-order valence-electron chi connectivity index (χ1n) is 8.06.